The van der Waals surface area contributed by atoms with Gasteiger partial charge in [-0.05, 0) is 19.3 Å². The van der Waals surface area contributed by atoms with E-state index in [1.165, 1.54) is 0 Å². The molecule has 2 fully saturated rings. The summed E-state index contributed by atoms with van der Waals surface area (Å²) >= 11 is 0. The molecule has 4 nitrogen and oxygen atoms in total. The Labute approximate surface area is 96.6 Å². The highest BCUT2D eigenvalue weighted by Gasteiger charge is 2.29. The summed E-state index contributed by atoms with van der Waals surface area (Å²) in [6, 6.07) is 0. The Morgan fingerprint density at radius 2 is 2.00 bits per heavy atom. The molecular formula is C12H20N2O2. The molecule has 0 bridgehead atoms. The van der Waals surface area contributed by atoms with Crippen molar-refractivity contribution in [2.45, 2.75) is 32.1 Å². The number of likely N-dealkylation sites (tertiary alicyclic amines) is 2. The minimum Gasteiger partial charge on any atom is -0.345 e. The second-order valence-corrected chi connectivity index (χ2v) is 4.90. The van der Waals surface area contributed by atoms with Crippen molar-refractivity contribution in [2.24, 2.45) is 5.92 Å². The summed E-state index contributed by atoms with van der Waals surface area (Å²) in [4.78, 5) is 27.2. The number of nitrogens with zero attached hydrogens (tertiary/aromatic N) is 2. The van der Waals surface area contributed by atoms with Gasteiger partial charge in [0.15, 0.2) is 0 Å². The van der Waals surface area contributed by atoms with Crippen LogP contribution in [0.2, 0.25) is 0 Å². The first-order valence-electron chi connectivity index (χ1n) is 6.21. The largest absolute Gasteiger partial charge is 0.345 e. The first-order valence-corrected chi connectivity index (χ1v) is 6.21. The molecule has 1 unspecified atom stereocenters. The summed E-state index contributed by atoms with van der Waals surface area (Å²) in [7, 11) is 1.87. The molecule has 90 valence electrons. The Kier molecular flexibility index (Phi) is 3.46. The van der Waals surface area contributed by atoms with Crippen LogP contribution >= 0.6 is 0 Å². The van der Waals surface area contributed by atoms with E-state index in [-0.39, 0.29) is 17.7 Å². The summed E-state index contributed by atoms with van der Waals surface area (Å²) in [5.74, 6) is 0.478. The molecule has 0 saturated carbocycles. The van der Waals surface area contributed by atoms with Crippen LogP contribution in [-0.4, -0.2) is 48.3 Å². The van der Waals surface area contributed by atoms with Crippen molar-refractivity contribution in [3.05, 3.63) is 0 Å². The number of amides is 2. The number of hydrogen-bond donors (Lipinski definition) is 0. The van der Waals surface area contributed by atoms with Gasteiger partial charge < -0.3 is 9.80 Å². The van der Waals surface area contributed by atoms with Gasteiger partial charge in [-0.15, -0.1) is 0 Å². The first kappa shape index (κ1) is 11.4. The summed E-state index contributed by atoms with van der Waals surface area (Å²) in [6.07, 6.45) is 4.74. The van der Waals surface area contributed by atoms with Crippen molar-refractivity contribution < 1.29 is 9.59 Å². The molecule has 0 N–H and O–H groups in total. The maximum atomic E-state index is 12.0. The topological polar surface area (TPSA) is 40.6 Å². The second-order valence-electron chi connectivity index (χ2n) is 4.90. The lowest BCUT2D eigenvalue weighted by molar-refractivity contribution is -0.135. The maximum absolute atomic E-state index is 12.0. The van der Waals surface area contributed by atoms with E-state index in [4.69, 9.17) is 0 Å². The van der Waals surface area contributed by atoms with Crippen molar-refractivity contribution in [3.63, 3.8) is 0 Å². The quantitative estimate of drug-likeness (QED) is 0.698. The van der Waals surface area contributed by atoms with Crippen LogP contribution in [0.5, 0.6) is 0 Å². The van der Waals surface area contributed by atoms with Gasteiger partial charge in [0.1, 0.15) is 0 Å². The SMILES string of the molecule is CN1CCCCC(CN2CCCC2=O)C1=O. The van der Waals surface area contributed by atoms with E-state index in [1.54, 1.807) is 0 Å². The predicted octanol–water partition coefficient (Wildman–Crippen LogP) is 0.867. The molecule has 0 aliphatic carbocycles. The molecule has 2 aliphatic rings. The van der Waals surface area contributed by atoms with Crippen molar-refractivity contribution in [1.29, 1.82) is 0 Å². The smallest absolute Gasteiger partial charge is 0.227 e. The van der Waals surface area contributed by atoms with E-state index in [0.717, 1.165) is 38.8 Å². The van der Waals surface area contributed by atoms with Gasteiger partial charge in [0, 0.05) is 33.1 Å². The average Bonchev–Trinajstić information content (AvgIpc) is 2.60. The lowest BCUT2D eigenvalue weighted by atomic mass is 10.0. The van der Waals surface area contributed by atoms with Crippen LogP contribution in [0.4, 0.5) is 0 Å². The highest BCUT2D eigenvalue weighted by atomic mass is 16.2. The van der Waals surface area contributed by atoms with E-state index in [1.807, 2.05) is 16.8 Å². The summed E-state index contributed by atoms with van der Waals surface area (Å²) in [5.41, 5.74) is 0. The van der Waals surface area contributed by atoms with Crippen LogP contribution in [-0.2, 0) is 9.59 Å². The molecule has 4 heteroatoms. The molecule has 2 saturated heterocycles. The molecule has 2 amide bonds. The van der Waals surface area contributed by atoms with Crippen molar-refractivity contribution >= 4 is 11.8 Å². The van der Waals surface area contributed by atoms with Crippen molar-refractivity contribution in [3.8, 4) is 0 Å². The molecule has 16 heavy (non-hydrogen) atoms. The van der Waals surface area contributed by atoms with E-state index in [9.17, 15) is 9.59 Å². The number of carbonyl (C=O) groups excluding carboxylic acids is 2. The van der Waals surface area contributed by atoms with E-state index in [2.05, 4.69) is 0 Å². The summed E-state index contributed by atoms with van der Waals surface area (Å²) in [5, 5.41) is 0. The van der Waals surface area contributed by atoms with Crippen LogP contribution in [0.1, 0.15) is 32.1 Å². The van der Waals surface area contributed by atoms with Crippen molar-refractivity contribution in [1.82, 2.24) is 9.80 Å². The fraction of sp³-hybridized carbons (Fsp3) is 0.833. The average molecular weight is 224 g/mol. The zero-order valence-corrected chi connectivity index (χ0v) is 9.95. The predicted molar refractivity (Wildman–Crippen MR) is 60.8 cm³/mol. The molecule has 2 aliphatic heterocycles. The van der Waals surface area contributed by atoms with Crippen LogP contribution < -0.4 is 0 Å². The Balaban J connectivity index is 1.96. The molecule has 0 aromatic heterocycles. The molecule has 2 heterocycles. The Bertz CT molecular complexity index is 291. The summed E-state index contributed by atoms with van der Waals surface area (Å²) in [6.45, 7) is 2.34. The molecular weight excluding hydrogens is 204 g/mol. The zero-order valence-electron chi connectivity index (χ0n) is 9.95. The third-order valence-electron chi connectivity index (χ3n) is 3.63. The van der Waals surface area contributed by atoms with E-state index in [0.29, 0.717) is 13.0 Å². The van der Waals surface area contributed by atoms with Gasteiger partial charge in [-0.1, -0.05) is 6.42 Å². The van der Waals surface area contributed by atoms with Gasteiger partial charge in [-0.25, -0.2) is 0 Å². The fourth-order valence-corrected chi connectivity index (χ4v) is 2.62. The molecule has 1 atom stereocenters. The van der Waals surface area contributed by atoms with Crippen LogP contribution in [0.15, 0.2) is 0 Å². The zero-order chi connectivity index (χ0) is 11.5. The highest BCUT2D eigenvalue weighted by molar-refractivity contribution is 5.81. The van der Waals surface area contributed by atoms with Gasteiger partial charge in [-0.3, -0.25) is 9.59 Å². The standard InChI is InChI=1S/C12H20N2O2/c1-13-7-3-2-5-10(12(13)16)9-14-8-4-6-11(14)15/h10H,2-9H2,1H3. The second kappa shape index (κ2) is 4.85. The number of carbonyl (C=O) groups is 2. The maximum Gasteiger partial charge on any atom is 0.227 e. The highest BCUT2D eigenvalue weighted by Crippen LogP contribution is 2.20. The number of rotatable bonds is 2. The number of hydrogen-bond acceptors (Lipinski definition) is 2. The van der Waals surface area contributed by atoms with Crippen LogP contribution in [0.25, 0.3) is 0 Å². The van der Waals surface area contributed by atoms with Gasteiger partial charge >= 0.3 is 0 Å². The fourth-order valence-electron chi connectivity index (χ4n) is 2.62. The molecule has 0 spiro atoms. The van der Waals surface area contributed by atoms with Gasteiger partial charge in [0.05, 0.1) is 5.92 Å². The third kappa shape index (κ3) is 2.36. The third-order valence-corrected chi connectivity index (χ3v) is 3.63. The van der Waals surface area contributed by atoms with E-state index < -0.39 is 0 Å². The lowest BCUT2D eigenvalue weighted by Gasteiger charge is -2.24. The summed E-state index contributed by atoms with van der Waals surface area (Å²) < 4.78 is 0. The molecule has 0 radical (unpaired) electrons. The first-order chi connectivity index (χ1) is 7.68. The Hall–Kier alpha value is -1.06. The molecule has 0 aromatic carbocycles. The lowest BCUT2D eigenvalue weighted by Crippen LogP contribution is -2.39. The Morgan fingerprint density at radius 1 is 1.19 bits per heavy atom. The van der Waals surface area contributed by atoms with Gasteiger partial charge in [0.2, 0.25) is 11.8 Å². The van der Waals surface area contributed by atoms with Crippen LogP contribution in [0.3, 0.4) is 0 Å². The Morgan fingerprint density at radius 3 is 2.69 bits per heavy atom. The minimum atomic E-state index is 0.0366. The molecule has 2 rings (SSSR count). The normalized spacial score (nSPS) is 27.4. The van der Waals surface area contributed by atoms with Crippen LogP contribution in [0, 0.1) is 5.92 Å². The van der Waals surface area contributed by atoms with Gasteiger partial charge in [0.25, 0.3) is 0 Å². The minimum absolute atomic E-state index is 0.0366. The monoisotopic (exact) mass is 224 g/mol. The van der Waals surface area contributed by atoms with Gasteiger partial charge in [-0.2, -0.15) is 0 Å². The van der Waals surface area contributed by atoms with E-state index >= 15 is 0 Å². The molecule has 0 aromatic rings. The van der Waals surface area contributed by atoms with Crippen molar-refractivity contribution in [2.75, 3.05) is 26.7 Å².